The van der Waals surface area contributed by atoms with Crippen LogP contribution in [0.4, 0.5) is 19.1 Å². The fourth-order valence-corrected chi connectivity index (χ4v) is 4.02. The molecule has 0 spiro atoms. The minimum absolute atomic E-state index is 0.0104. The molecule has 2 N–H and O–H groups in total. The van der Waals surface area contributed by atoms with Crippen LogP contribution in [-0.4, -0.2) is 63.5 Å². The van der Waals surface area contributed by atoms with Crippen LogP contribution in [0.5, 0.6) is 5.75 Å². The van der Waals surface area contributed by atoms with Crippen LogP contribution >= 0.6 is 0 Å². The summed E-state index contributed by atoms with van der Waals surface area (Å²) >= 11 is 0. The van der Waals surface area contributed by atoms with Gasteiger partial charge in [-0.1, -0.05) is 0 Å². The molecule has 1 aromatic carbocycles. The molecule has 0 radical (unpaired) electrons. The second kappa shape index (κ2) is 9.11. The highest BCUT2D eigenvalue weighted by Crippen LogP contribution is 2.34. The van der Waals surface area contributed by atoms with Crippen LogP contribution in [0.2, 0.25) is 0 Å². The quantitative estimate of drug-likeness (QED) is 0.590. The van der Waals surface area contributed by atoms with E-state index in [0.717, 1.165) is 19.4 Å². The smallest absolute Gasteiger partial charge is 0.345 e. The molecule has 0 unspecified atom stereocenters. The molecular weight excluding hydrogens is 411 g/mol. The third-order valence-electron chi connectivity index (χ3n) is 5.40. The third kappa shape index (κ3) is 4.75. The number of nitrogens with zero attached hydrogens (tertiary/aromatic N) is 4. The zero-order valence-corrected chi connectivity index (χ0v) is 17.1. The van der Waals surface area contributed by atoms with Crippen LogP contribution in [-0.2, 0) is 4.74 Å². The number of hydrogen-bond acceptors (Lipinski definition) is 6. The molecule has 3 heterocycles. The molecule has 1 saturated heterocycles. The highest BCUT2D eigenvalue weighted by Gasteiger charge is 2.23. The number of rotatable bonds is 7. The summed E-state index contributed by atoms with van der Waals surface area (Å²) in [5, 5.41) is 22.1. The third-order valence-corrected chi connectivity index (χ3v) is 5.40. The van der Waals surface area contributed by atoms with E-state index in [9.17, 15) is 18.3 Å². The molecule has 10 heteroatoms. The van der Waals surface area contributed by atoms with E-state index >= 15 is 0 Å². The number of nitrogens with one attached hydrogen (secondary N) is 1. The zero-order chi connectivity index (χ0) is 22.0. The fourth-order valence-electron chi connectivity index (χ4n) is 4.02. The molecule has 1 fully saturated rings. The number of halogens is 3. The maximum atomic E-state index is 14.6. The standard InChI is InChI=1S/C21H24F3N5O2/c1-13-10-15(22)18(17(30)11-13)19-16-5-3-7-29(16)21(27-26-19)25-14-4-2-6-28(12-14)8-9-31-20(23)24/h3,5,7,10-11,14,20,30H,2,4,6,8-9,12H2,1H3,(H,25,27)/t14-/m1/s1. The van der Waals surface area contributed by atoms with Gasteiger partial charge in [-0.15, -0.1) is 10.2 Å². The number of ether oxygens (including phenoxy) is 1. The second-order valence-corrected chi connectivity index (χ2v) is 7.69. The summed E-state index contributed by atoms with van der Waals surface area (Å²) in [5.74, 6) is -0.263. The number of aryl methyl sites for hydroxylation is 1. The number of phenolic OH excluding ortho intramolecular Hbond substituents is 1. The minimum atomic E-state index is -2.76. The Morgan fingerprint density at radius 3 is 2.94 bits per heavy atom. The number of anilines is 1. The molecule has 0 bridgehead atoms. The lowest BCUT2D eigenvalue weighted by molar-refractivity contribution is -0.132. The van der Waals surface area contributed by atoms with Crippen molar-refractivity contribution in [2.45, 2.75) is 32.4 Å². The van der Waals surface area contributed by atoms with Crippen LogP contribution in [0.3, 0.4) is 0 Å². The summed E-state index contributed by atoms with van der Waals surface area (Å²) in [4.78, 5) is 2.07. The first kappa shape index (κ1) is 21.4. The summed E-state index contributed by atoms with van der Waals surface area (Å²) in [5.41, 5.74) is 1.47. The summed E-state index contributed by atoms with van der Waals surface area (Å²) in [6.45, 7) is 0.828. The summed E-state index contributed by atoms with van der Waals surface area (Å²) in [6, 6.07) is 6.46. The number of benzene rings is 1. The maximum Gasteiger partial charge on any atom is 0.345 e. The first-order valence-electron chi connectivity index (χ1n) is 10.1. The van der Waals surface area contributed by atoms with Crippen LogP contribution in [0, 0.1) is 12.7 Å². The Bertz CT molecular complexity index is 1040. The Hall–Kier alpha value is -2.85. The average molecular weight is 435 g/mol. The number of aromatic nitrogens is 3. The summed E-state index contributed by atoms with van der Waals surface area (Å²) < 4.78 is 45.1. The number of fused-ring (bicyclic) bond motifs is 1. The van der Waals surface area contributed by atoms with E-state index < -0.39 is 12.4 Å². The molecule has 1 atom stereocenters. The topological polar surface area (TPSA) is 74.9 Å². The Morgan fingerprint density at radius 2 is 2.16 bits per heavy atom. The van der Waals surface area contributed by atoms with Gasteiger partial charge in [0.25, 0.3) is 0 Å². The largest absolute Gasteiger partial charge is 0.507 e. The van der Waals surface area contributed by atoms with E-state index in [0.29, 0.717) is 30.1 Å². The van der Waals surface area contributed by atoms with Crippen molar-refractivity contribution in [2.75, 3.05) is 31.6 Å². The Labute approximate surface area is 177 Å². The maximum absolute atomic E-state index is 14.6. The van der Waals surface area contributed by atoms with E-state index in [1.54, 1.807) is 29.7 Å². The van der Waals surface area contributed by atoms with Crippen molar-refractivity contribution < 1.29 is 23.0 Å². The van der Waals surface area contributed by atoms with Gasteiger partial charge >= 0.3 is 6.61 Å². The van der Waals surface area contributed by atoms with Gasteiger partial charge in [0.1, 0.15) is 17.3 Å². The SMILES string of the molecule is Cc1cc(O)c(-c2nnc(N[C@@H]3CCCN(CCOC(F)F)C3)n3cccc23)c(F)c1. The average Bonchev–Trinajstić information content (AvgIpc) is 3.19. The number of hydrogen-bond donors (Lipinski definition) is 2. The first-order valence-corrected chi connectivity index (χ1v) is 10.1. The predicted molar refractivity (Wildman–Crippen MR) is 110 cm³/mol. The fraction of sp³-hybridized carbons (Fsp3) is 0.429. The van der Waals surface area contributed by atoms with Gasteiger partial charge in [0.15, 0.2) is 0 Å². The lowest BCUT2D eigenvalue weighted by Crippen LogP contribution is -2.43. The molecular formula is C21H24F3N5O2. The Balaban J connectivity index is 1.54. The number of piperidine rings is 1. The van der Waals surface area contributed by atoms with Crippen molar-refractivity contribution in [2.24, 2.45) is 0 Å². The predicted octanol–water partition coefficient (Wildman–Crippen LogP) is 3.66. The first-order chi connectivity index (χ1) is 14.9. The van der Waals surface area contributed by atoms with Crippen molar-refractivity contribution in [1.82, 2.24) is 19.5 Å². The van der Waals surface area contributed by atoms with E-state index in [4.69, 9.17) is 0 Å². The highest BCUT2D eigenvalue weighted by molar-refractivity contribution is 5.81. The lowest BCUT2D eigenvalue weighted by atomic mass is 10.1. The van der Waals surface area contributed by atoms with Crippen molar-refractivity contribution >= 4 is 11.5 Å². The Kier molecular flexibility index (Phi) is 6.28. The van der Waals surface area contributed by atoms with Gasteiger partial charge in [-0.3, -0.25) is 9.30 Å². The molecule has 1 aliphatic heterocycles. The molecule has 0 saturated carbocycles. The lowest BCUT2D eigenvalue weighted by Gasteiger charge is -2.33. The zero-order valence-electron chi connectivity index (χ0n) is 17.1. The molecule has 7 nitrogen and oxygen atoms in total. The van der Waals surface area contributed by atoms with E-state index in [1.807, 2.05) is 0 Å². The molecule has 0 amide bonds. The summed E-state index contributed by atoms with van der Waals surface area (Å²) in [7, 11) is 0. The molecule has 1 aliphatic rings. The molecule has 3 aromatic rings. The minimum Gasteiger partial charge on any atom is -0.507 e. The van der Waals surface area contributed by atoms with Crippen LogP contribution in [0.1, 0.15) is 18.4 Å². The number of likely N-dealkylation sites (tertiary alicyclic amines) is 1. The molecule has 31 heavy (non-hydrogen) atoms. The van der Waals surface area contributed by atoms with Gasteiger partial charge in [0.2, 0.25) is 5.95 Å². The van der Waals surface area contributed by atoms with Gasteiger partial charge in [0, 0.05) is 25.3 Å². The molecule has 166 valence electrons. The van der Waals surface area contributed by atoms with E-state index in [2.05, 4.69) is 25.2 Å². The second-order valence-electron chi connectivity index (χ2n) is 7.69. The van der Waals surface area contributed by atoms with Crippen molar-refractivity contribution in [1.29, 1.82) is 0 Å². The van der Waals surface area contributed by atoms with Crippen LogP contribution < -0.4 is 5.32 Å². The number of aromatic hydroxyl groups is 1. The van der Waals surface area contributed by atoms with Gasteiger partial charge in [-0.25, -0.2) is 4.39 Å². The van der Waals surface area contributed by atoms with Gasteiger partial charge in [-0.2, -0.15) is 8.78 Å². The number of alkyl halides is 2. The monoisotopic (exact) mass is 435 g/mol. The van der Waals surface area contributed by atoms with Crippen molar-refractivity contribution in [3.05, 3.63) is 41.8 Å². The van der Waals surface area contributed by atoms with Crippen LogP contribution in [0.25, 0.3) is 16.8 Å². The van der Waals surface area contributed by atoms with Crippen molar-refractivity contribution in [3.8, 4) is 17.0 Å². The number of phenols is 1. The van der Waals surface area contributed by atoms with Crippen molar-refractivity contribution in [3.63, 3.8) is 0 Å². The molecule has 0 aliphatic carbocycles. The van der Waals surface area contributed by atoms with E-state index in [-0.39, 0.29) is 29.7 Å². The molecule has 4 rings (SSSR count). The summed E-state index contributed by atoms with van der Waals surface area (Å²) in [6.07, 6.45) is 3.59. The van der Waals surface area contributed by atoms with Gasteiger partial charge in [0.05, 0.1) is 17.7 Å². The highest BCUT2D eigenvalue weighted by atomic mass is 19.3. The normalized spacial score (nSPS) is 17.5. The van der Waals surface area contributed by atoms with Gasteiger partial charge < -0.3 is 15.2 Å². The Morgan fingerprint density at radius 1 is 1.32 bits per heavy atom. The van der Waals surface area contributed by atoms with Crippen LogP contribution in [0.15, 0.2) is 30.5 Å². The van der Waals surface area contributed by atoms with E-state index in [1.165, 1.54) is 12.1 Å². The van der Waals surface area contributed by atoms with Gasteiger partial charge in [-0.05, 0) is 56.1 Å². The molecule has 2 aromatic heterocycles.